The van der Waals surface area contributed by atoms with Gasteiger partial charge in [-0.2, -0.15) is 13.2 Å². The van der Waals surface area contributed by atoms with Crippen molar-refractivity contribution in [2.24, 2.45) is 0 Å². The third-order valence-electron chi connectivity index (χ3n) is 2.18. The molecule has 0 aliphatic carbocycles. The Morgan fingerprint density at radius 3 is 1.93 bits per heavy atom. The Balaban J connectivity index is 4.14. The maximum atomic E-state index is 12.1. The van der Waals surface area contributed by atoms with Crippen molar-refractivity contribution in [3.63, 3.8) is 0 Å². The lowest BCUT2D eigenvalue weighted by Crippen LogP contribution is -2.44. The van der Waals surface area contributed by atoms with Crippen molar-refractivity contribution >= 4 is 0 Å². The Hall–Kier alpha value is -0.290. The molecule has 0 heterocycles. The smallest absolute Gasteiger partial charge is 0.383 e. The second-order valence-electron chi connectivity index (χ2n) is 4.52. The molecule has 0 rings (SSSR count). The number of rotatable bonds is 5. The van der Waals surface area contributed by atoms with E-state index in [0.29, 0.717) is 13.2 Å². The average molecular weight is 227 g/mol. The molecule has 0 aromatic carbocycles. The highest BCUT2D eigenvalue weighted by atomic mass is 19.4. The van der Waals surface area contributed by atoms with Gasteiger partial charge in [0.05, 0.1) is 13.0 Å². The van der Waals surface area contributed by atoms with Gasteiger partial charge in [0, 0.05) is 25.7 Å². The first kappa shape index (κ1) is 14.7. The topological polar surface area (TPSA) is 12.5 Å². The highest BCUT2D eigenvalue weighted by Gasteiger charge is 2.30. The molecule has 5 heteroatoms. The van der Waals surface area contributed by atoms with Crippen molar-refractivity contribution < 1.29 is 17.9 Å². The minimum Gasteiger partial charge on any atom is -0.383 e. The van der Waals surface area contributed by atoms with E-state index in [-0.39, 0.29) is 12.1 Å². The van der Waals surface area contributed by atoms with Crippen molar-refractivity contribution in [1.82, 2.24) is 4.90 Å². The quantitative estimate of drug-likeness (QED) is 0.716. The molecule has 0 spiro atoms. The van der Waals surface area contributed by atoms with Crippen LogP contribution in [0.1, 0.15) is 27.2 Å². The maximum Gasteiger partial charge on any atom is 0.390 e. The van der Waals surface area contributed by atoms with Crippen LogP contribution in [0.15, 0.2) is 0 Å². The molecule has 0 bridgehead atoms. The van der Waals surface area contributed by atoms with Crippen molar-refractivity contribution in [1.29, 1.82) is 0 Å². The maximum absolute atomic E-state index is 12.1. The Morgan fingerprint density at radius 1 is 1.07 bits per heavy atom. The van der Waals surface area contributed by atoms with Gasteiger partial charge in [0.1, 0.15) is 0 Å². The molecule has 2 nitrogen and oxygen atoms in total. The van der Waals surface area contributed by atoms with E-state index in [4.69, 9.17) is 4.74 Å². The minimum atomic E-state index is -4.09. The van der Waals surface area contributed by atoms with E-state index in [2.05, 4.69) is 0 Å². The van der Waals surface area contributed by atoms with E-state index >= 15 is 0 Å². The summed E-state index contributed by atoms with van der Waals surface area (Å²) in [5.41, 5.74) is -0.260. The summed E-state index contributed by atoms with van der Waals surface area (Å²) in [5, 5.41) is 0. The van der Waals surface area contributed by atoms with Crippen molar-refractivity contribution in [3.8, 4) is 0 Å². The van der Waals surface area contributed by atoms with Gasteiger partial charge < -0.3 is 4.74 Å². The van der Waals surface area contributed by atoms with Gasteiger partial charge in [-0.25, -0.2) is 0 Å². The van der Waals surface area contributed by atoms with E-state index in [1.165, 1.54) is 0 Å². The molecule has 15 heavy (non-hydrogen) atoms. The molecule has 0 amide bonds. The Morgan fingerprint density at radius 2 is 1.60 bits per heavy atom. The van der Waals surface area contributed by atoms with E-state index in [1.54, 1.807) is 12.0 Å². The average Bonchev–Trinajstić information content (AvgIpc) is 1.99. The summed E-state index contributed by atoms with van der Waals surface area (Å²) in [6.07, 6.45) is -4.86. The summed E-state index contributed by atoms with van der Waals surface area (Å²) in [4.78, 5) is 1.78. The molecular weight excluding hydrogens is 207 g/mol. The van der Waals surface area contributed by atoms with Crippen LogP contribution in [-0.4, -0.2) is 43.4 Å². The first-order valence-corrected chi connectivity index (χ1v) is 4.97. The van der Waals surface area contributed by atoms with Gasteiger partial charge in [0.25, 0.3) is 0 Å². The second-order valence-corrected chi connectivity index (χ2v) is 4.52. The van der Waals surface area contributed by atoms with Crippen LogP contribution in [0, 0.1) is 0 Å². The number of hydrogen-bond acceptors (Lipinski definition) is 2. The largest absolute Gasteiger partial charge is 0.390 e. The van der Waals surface area contributed by atoms with Crippen LogP contribution in [0.5, 0.6) is 0 Å². The minimum absolute atomic E-state index is 0.0242. The summed E-state index contributed by atoms with van der Waals surface area (Å²) in [6.45, 7) is 6.71. The van der Waals surface area contributed by atoms with Gasteiger partial charge in [0.2, 0.25) is 0 Å². The molecule has 0 atom stereocenters. The molecule has 0 aliphatic heterocycles. The standard InChI is InChI=1S/C10H20F3NO/c1-9(2,3)14(7-8-15-4)6-5-10(11,12)13/h5-8H2,1-4H3. The molecule has 92 valence electrons. The van der Waals surface area contributed by atoms with Gasteiger partial charge in [-0.1, -0.05) is 0 Å². The molecular formula is C10H20F3NO. The summed E-state index contributed by atoms with van der Waals surface area (Å²) >= 11 is 0. The molecule has 0 N–H and O–H groups in total. The Kier molecular flexibility index (Phi) is 5.59. The van der Waals surface area contributed by atoms with Crippen LogP contribution in [0.4, 0.5) is 13.2 Å². The molecule has 0 saturated carbocycles. The first-order chi connectivity index (χ1) is 6.67. The lowest BCUT2D eigenvalue weighted by molar-refractivity contribution is -0.140. The summed E-state index contributed by atoms with van der Waals surface area (Å²) in [5.74, 6) is 0. The lowest BCUT2D eigenvalue weighted by Gasteiger charge is -2.35. The van der Waals surface area contributed by atoms with Gasteiger partial charge in [-0.05, 0) is 20.8 Å². The van der Waals surface area contributed by atoms with E-state index < -0.39 is 12.6 Å². The lowest BCUT2D eigenvalue weighted by atomic mass is 10.1. The fourth-order valence-corrected chi connectivity index (χ4v) is 1.25. The third-order valence-corrected chi connectivity index (χ3v) is 2.18. The van der Waals surface area contributed by atoms with Gasteiger partial charge in [0.15, 0.2) is 0 Å². The fraction of sp³-hybridized carbons (Fsp3) is 1.00. The summed E-state index contributed by atoms with van der Waals surface area (Å²) in [7, 11) is 1.55. The zero-order valence-electron chi connectivity index (χ0n) is 9.82. The number of alkyl halides is 3. The zero-order chi connectivity index (χ0) is 12.1. The van der Waals surface area contributed by atoms with E-state index in [9.17, 15) is 13.2 Å². The molecule has 0 aliphatic rings. The summed E-state index contributed by atoms with van der Waals surface area (Å²) in [6, 6.07) is 0. The molecule has 0 fully saturated rings. The number of ether oxygens (including phenoxy) is 1. The van der Waals surface area contributed by atoms with E-state index in [0.717, 1.165) is 0 Å². The Bertz CT molecular complexity index is 174. The highest BCUT2D eigenvalue weighted by Crippen LogP contribution is 2.22. The van der Waals surface area contributed by atoms with Crippen LogP contribution in [0.2, 0.25) is 0 Å². The van der Waals surface area contributed by atoms with Crippen LogP contribution < -0.4 is 0 Å². The SMILES string of the molecule is COCCN(CCC(F)(F)F)C(C)(C)C. The monoisotopic (exact) mass is 227 g/mol. The van der Waals surface area contributed by atoms with Crippen LogP contribution in [-0.2, 0) is 4.74 Å². The van der Waals surface area contributed by atoms with Crippen LogP contribution >= 0.6 is 0 Å². The normalized spacial score (nSPS) is 13.6. The molecule has 0 aromatic rings. The number of hydrogen-bond donors (Lipinski definition) is 0. The van der Waals surface area contributed by atoms with E-state index in [1.807, 2.05) is 20.8 Å². The van der Waals surface area contributed by atoms with Gasteiger partial charge >= 0.3 is 6.18 Å². The van der Waals surface area contributed by atoms with Crippen molar-refractivity contribution in [2.75, 3.05) is 26.8 Å². The van der Waals surface area contributed by atoms with Gasteiger partial charge in [-0.15, -0.1) is 0 Å². The van der Waals surface area contributed by atoms with Crippen molar-refractivity contribution in [2.45, 2.75) is 38.9 Å². The summed E-state index contributed by atoms with van der Waals surface area (Å²) < 4.78 is 41.1. The number of nitrogens with zero attached hydrogens (tertiary/aromatic N) is 1. The first-order valence-electron chi connectivity index (χ1n) is 4.97. The number of methoxy groups -OCH3 is 1. The predicted molar refractivity (Wildman–Crippen MR) is 53.9 cm³/mol. The molecule has 0 unspecified atom stereocenters. The zero-order valence-corrected chi connectivity index (χ0v) is 9.82. The molecule has 0 radical (unpaired) electrons. The molecule has 0 aromatic heterocycles. The third kappa shape index (κ3) is 7.62. The highest BCUT2D eigenvalue weighted by molar-refractivity contribution is 4.76. The number of halogens is 3. The van der Waals surface area contributed by atoms with Crippen LogP contribution in [0.3, 0.4) is 0 Å². The van der Waals surface area contributed by atoms with Crippen LogP contribution in [0.25, 0.3) is 0 Å². The Labute approximate surface area is 89.4 Å². The second kappa shape index (κ2) is 5.70. The fourth-order valence-electron chi connectivity index (χ4n) is 1.25. The predicted octanol–water partition coefficient (Wildman–Crippen LogP) is 2.69. The van der Waals surface area contributed by atoms with Gasteiger partial charge in [-0.3, -0.25) is 4.90 Å². The van der Waals surface area contributed by atoms with Crippen molar-refractivity contribution in [3.05, 3.63) is 0 Å². The molecule has 0 saturated heterocycles.